The van der Waals surface area contributed by atoms with Gasteiger partial charge in [0.1, 0.15) is 23.6 Å². The molecule has 6 nitrogen and oxygen atoms in total. The maximum atomic E-state index is 13.1. The van der Waals surface area contributed by atoms with Gasteiger partial charge in [-0.3, -0.25) is 9.59 Å². The molecule has 0 radical (unpaired) electrons. The van der Waals surface area contributed by atoms with Gasteiger partial charge in [-0.15, -0.1) is 0 Å². The zero-order valence-corrected chi connectivity index (χ0v) is 22.8. The summed E-state index contributed by atoms with van der Waals surface area (Å²) in [6.07, 6.45) is 2.22. The van der Waals surface area contributed by atoms with Gasteiger partial charge in [0.25, 0.3) is 0 Å². The number of ether oxygens (including phenoxy) is 2. The van der Waals surface area contributed by atoms with E-state index in [9.17, 15) is 14.7 Å². The van der Waals surface area contributed by atoms with E-state index in [2.05, 4.69) is 13.0 Å². The Hall–Kier alpha value is -3.51. The summed E-state index contributed by atoms with van der Waals surface area (Å²) in [6, 6.07) is 21.3. The number of aliphatic carboxylic acids is 1. The van der Waals surface area contributed by atoms with Gasteiger partial charge < -0.3 is 19.5 Å². The van der Waals surface area contributed by atoms with Crippen LogP contribution in [0.15, 0.2) is 66.7 Å². The highest BCUT2D eigenvalue weighted by Gasteiger charge is 2.35. The second-order valence-electron chi connectivity index (χ2n) is 10.4. The van der Waals surface area contributed by atoms with Crippen molar-refractivity contribution in [2.75, 3.05) is 6.54 Å². The maximum Gasteiger partial charge on any atom is 0.323 e. The summed E-state index contributed by atoms with van der Waals surface area (Å²) in [5.74, 6) is 0.267. The highest BCUT2D eigenvalue weighted by molar-refractivity contribution is 6.30. The fourth-order valence-corrected chi connectivity index (χ4v) is 5.00. The number of carbonyl (C=O) groups excluding carboxylic acids is 1. The van der Waals surface area contributed by atoms with Gasteiger partial charge in [-0.25, -0.2) is 0 Å². The lowest BCUT2D eigenvalue weighted by Crippen LogP contribution is -2.35. The van der Waals surface area contributed by atoms with Crippen molar-refractivity contribution in [1.82, 2.24) is 4.90 Å². The lowest BCUT2D eigenvalue weighted by atomic mass is 9.91. The van der Waals surface area contributed by atoms with E-state index in [1.807, 2.05) is 74.5 Å². The summed E-state index contributed by atoms with van der Waals surface area (Å²) in [5, 5.41) is 10.2. The van der Waals surface area contributed by atoms with Crippen molar-refractivity contribution in [3.63, 3.8) is 0 Å². The summed E-state index contributed by atoms with van der Waals surface area (Å²) >= 11 is 6.02. The van der Waals surface area contributed by atoms with Crippen LogP contribution in [0.5, 0.6) is 11.5 Å². The molecule has 200 valence electrons. The van der Waals surface area contributed by atoms with E-state index >= 15 is 0 Å². The average molecular weight is 536 g/mol. The van der Waals surface area contributed by atoms with Crippen LogP contribution in [0.4, 0.5) is 0 Å². The first-order chi connectivity index (χ1) is 18.1. The van der Waals surface area contributed by atoms with Gasteiger partial charge in [0.15, 0.2) is 0 Å². The first-order valence-corrected chi connectivity index (χ1v) is 13.3. The molecular weight excluding hydrogens is 502 g/mol. The molecule has 1 aliphatic rings. The molecule has 1 N–H and O–H groups in total. The molecule has 7 heteroatoms. The predicted molar refractivity (Wildman–Crippen MR) is 148 cm³/mol. The fourth-order valence-electron chi connectivity index (χ4n) is 4.88. The minimum absolute atomic E-state index is 0.0309. The molecule has 1 amide bonds. The molecule has 1 unspecified atom stereocenters. The Bertz CT molecular complexity index is 1290. The first-order valence-electron chi connectivity index (χ1n) is 12.9. The molecule has 1 atom stereocenters. The number of benzene rings is 3. The van der Waals surface area contributed by atoms with Crippen LogP contribution in [-0.2, 0) is 35.4 Å². The number of para-hydroxylation sites is 1. The minimum atomic E-state index is -1.05. The number of amides is 1. The standard InChI is InChI=1S/C31H34ClNO5/c1-21(2)37-27-7-5-4-6-24(27)19-33(20-30(35)36)29(34)15-11-22-10-14-28-25(16-22)18-31(3,38-28)17-23-8-12-26(32)13-9-23/h4-10,12-14,16,21H,11,15,17-20H2,1-3H3,(H,35,36). The highest BCUT2D eigenvalue weighted by atomic mass is 35.5. The van der Waals surface area contributed by atoms with Gasteiger partial charge in [-0.1, -0.05) is 54.1 Å². The smallest absolute Gasteiger partial charge is 0.323 e. The minimum Gasteiger partial charge on any atom is -0.491 e. The van der Waals surface area contributed by atoms with Crippen LogP contribution >= 0.6 is 11.6 Å². The molecule has 3 aromatic rings. The van der Waals surface area contributed by atoms with Gasteiger partial charge in [-0.05, 0) is 68.1 Å². The van der Waals surface area contributed by atoms with Crippen molar-refractivity contribution in [3.8, 4) is 11.5 Å². The Morgan fingerprint density at radius 3 is 2.50 bits per heavy atom. The van der Waals surface area contributed by atoms with Crippen molar-refractivity contribution in [1.29, 1.82) is 0 Å². The van der Waals surface area contributed by atoms with E-state index in [0.29, 0.717) is 17.2 Å². The van der Waals surface area contributed by atoms with E-state index in [1.54, 1.807) is 0 Å². The van der Waals surface area contributed by atoms with Crippen LogP contribution < -0.4 is 9.47 Å². The third-order valence-corrected chi connectivity index (χ3v) is 6.79. The van der Waals surface area contributed by atoms with Crippen LogP contribution in [0.3, 0.4) is 0 Å². The molecular formula is C31H34ClNO5. The molecule has 0 fully saturated rings. The second-order valence-corrected chi connectivity index (χ2v) is 10.8. The lowest BCUT2D eigenvalue weighted by molar-refractivity contribution is -0.144. The van der Waals surface area contributed by atoms with E-state index in [0.717, 1.165) is 40.8 Å². The summed E-state index contributed by atoms with van der Waals surface area (Å²) in [6.45, 7) is 5.78. The van der Waals surface area contributed by atoms with Crippen LogP contribution in [-0.4, -0.2) is 40.1 Å². The molecule has 0 aliphatic carbocycles. The zero-order valence-electron chi connectivity index (χ0n) is 22.1. The second kappa shape index (κ2) is 11.9. The topological polar surface area (TPSA) is 76.1 Å². The highest BCUT2D eigenvalue weighted by Crippen LogP contribution is 2.38. The molecule has 0 bridgehead atoms. The Labute approximate surface area is 229 Å². The van der Waals surface area contributed by atoms with Gasteiger partial charge in [0, 0.05) is 36.4 Å². The largest absolute Gasteiger partial charge is 0.491 e. The van der Waals surface area contributed by atoms with E-state index in [4.69, 9.17) is 21.1 Å². The maximum absolute atomic E-state index is 13.1. The lowest BCUT2D eigenvalue weighted by Gasteiger charge is -2.24. The Kier molecular flexibility index (Phi) is 8.62. The molecule has 38 heavy (non-hydrogen) atoms. The molecule has 4 rings (SSSR count). The number of aryl methyl sites for hydroxylation is 1. The third-order valence-electron chi connectivity index (χ3n) is 6.54. The molecule has 0 saturated carbocycles. The zero-order chi connectivity index (χ0) is 27.3. The third kappa shape index (κ3) is 7.29. The van der Waals surface area contributed by atoms with Crippen LogP contribution in [0.25, 0.3) is 0 Å². The van der Waals surface area contributed by atoms with Crippen molar-refractivity contribution < 1.29 is 24.2 Å². The normalized spacial score (nSPS) is 16.1. The Morgan fingerprint density at radius 1 is 1.08 bits per heavy atom. The van der Waals surface area contributed by atoms with Gasteiger partial charge in [0.05, 0.1) is 6.10 Å². The number of hydrogen-bond donors (Lipinski definition) is 1. The Morgan fingerprint density at radius 2 is 1.79 bits per heavy atom. The van der Waals surface area contributed by atoms with Crippen LogP contribution in [0.2, 0.25) is 5.02 Å². The molecule has 0 aromatic heterocycles. The quantitative estimate of drug-likeness (QED) is 0.320. The fraction of sp³-hybridized carbons (Fsp3) is 0.355. The summed E-state index contributed by atoms with van der Waals surface area (Å²) in [4.78, 5) is 26.1. The number of hydrogen-bond acceptors (Lipinski definition) is 4. The number of fused-ring (bicyclic) bond motifs is 1. The van der Waals surface area contributed by atoms with Crippen molar-refractivity contribution >= 4 is 23.5 Å². The monoisotopic (exact) mass is 535 g/mol. The van der Waals surface area contributed by atoms with Crippen molar-refractivity contribution in [2.45, 2.75) is 64.7 Å². The molecule has 0 saturated heterocycles. The molecule has 1 heterocycles. The van der Waals surface area contributed by atoms with Crippen molar-refractivity contribution in [3.05, 3.63) is 94.0 Å². The summed E-state index contributed by atoms with van der Waals surface area (Å²) in [5.41, 5.74) is 3.73. The van der Waals surface area contributed by atoms with Gasteiger partial charge in [0.2, 0.25) is 5.91 Å². The molecule has 0 spiro atoms. The van der Waals surface area contributed by atoms with Gasteiger partial charge >= 0.3 is 5.97 Å². The SMILES string of the molecule is CC(C)Oc1ccccc1CN(CC(=O)O)C(=O)CCc1ccc2c(c1)CC(C)(Cc1ccc(Cl)cc1)O2. The van der Waals surface area contributed by atoms with E-state index < -0.39 is 5.97 Å². The number of carboxylic acid groups (broad SMARTS) is 1. The molecule has 3 aromatic carbocycles. The van der Waals surface area contributed by atoms with E-state index in [1.165, 1.54) is 4.90 Å². The van der Waals surface area contributed by atoms with E-state index in [-0.39, 0.29) is 37.1 Å². The predicted octanol–water partition coefficient (Wildman–Crippen LogP) is 6.11. The number of nitrogens with zero attached hydrogens (tertiary/aromatic N) is 1. The summed E-state index contributed by atoms with van der Waals surface area (Å²) < 4.78 is 12.2. The number of halogens is 1. The number of carboxylic acids is 1. The number of rotatable bonds is 11. The van der Waals surface area contributed by atoms with Crippen LogP contribution in [0.1, 0.15) is 49.4 Å². The summed E-state index contributed by atoms with van der Waals surface area (Å²) in [7, 11) is 0. The van der Waals surface area contributed by atoms with Gasteiger partial charge in [-0.2, -0.15) is 0 Å². The average Bonchev–Trinajstić information content (AvgIpc) is 3.19. The number of carbonyl (C=O) groups is 2. The first kappa shape index (κ1) is 27.5. The molecule has 1 aliphatic heterocycles. The van der Waals surface area contributed by atoms with Crippen LogP contribution in [0, 0.1) is 0 Å². The van der Waals surface area contributed by atoms with Crippen molar-refractivity contribution in [2.24, 2.45) is 0 Å². The Balaban J connectivity index is 1.40.